The number of aromatic hydroxyl groups is 1. The molecule has 0 unspecified atom stereocenters. The molecule has 0 amide bonds. The Morgan fingerprint density at radius 1 is 1.54 bits per heavy atom. The number of thiophene rings is 1. The van der Waals surface area contributed by atoms with Crippen LogP contribution in [-0.4, -0.2) is 12.2 Å². The highest BCUT2D eigenvalue weighted by Gasteiger charge is 2.11. The Kier molecular flexibility index (Phi) is 2.06. The largest absolute Gasteiger partial charge is 0.506 e. The van der Waals surface area contributed by atoms with Crippen molar-refractivity contribution in [1.29, 1.82) is 0 Å². The smallest absolute Gasteiger partial charge is 0.149 e. The highest BCUT2D eigenvalue weighted by molar-refractivity contribution is 7.17. The summed E-state index contributed by atoms with van der Waals surface area (Å²) in [4.78, 5) is 0. The zero-order valence-electron chi connectivity index (χ0n) is 6.87. The van der Waals surface area contributed by atoms with E-state index in [-0.39, 0.29) is 10.8 Å². The van der Waals surface area contributed by atoms with Gasteiger partial charge in [-0.1, -0.05) is 11.6 Å². The second-order valence-electron chi connectivity index (χ2n) is 2.58. The number of hydrogen-bond donors (Lipinski definition) is 1. The molecule has 0 fully saturated rings. The minimum absolute atomic E-state index is 0.0634. The molecule has 2 nitrogen and oxygen atoms in total. The van der Waals surface area contributed by atoms with Gasteiger partial charge in [-0.15, -0.1) is 11.3 Å². The van der Waals surface area contributed by atoms with Crippen LogP contribution in [0.2, 0.25) is 5.02 Å². The topological polar surface area (TPSA) is 29.5 Å². The van der Waals surface area contributed by atoms with E-state index >= 15 is 0 Å². The molecule has 0 saturated carbocycles. The Labute approximate surface area is 84.3 Å². The molecule has 0 atom stereocenters. The quantitative estimate of drug-likeness (QED) is 0.790. The Morgan fingerprint density at radius 2 is 2.31 bits per heavy atom. The lowest BCUT2D eigenvalue weighted by atomic mass is 10.2. The van der Waals surface area contributed by atoms with Crippen molar-refractivity contribution < 1.29 is 9.84 Å². The van der Waals surface area contributed by atoms with Crippen molar-refractivity contribution in [2.75, 3.05) is 7.11 Å². The number of halogens is 1. The van der Waals surface area contributed by atoms with Gasteiger partial charge in [0.05, 0.1) is 7.11 Å². The molecule has 0 radical (unpaired) electrons. The third kappa shape index (κ3) is 1.24. The fourth-order valence-electron chi connectivity index (χ4n) is 1.24. The number of benzene rings is 1. The first-order valence-corrected chi connectivity index (χ1v) is 4.92. The lowest BCUT2D eigenvalue weighted by Crippen LogP contribution is -1.84. The van der Waals surface area contributed by atoms with Gasteiger partial charge in [0, 0.05) is 10.1 Å². The SMILES string of the molecule is COc1c(Cl)c(O)cc2sccc12. The number of ether oxygens (including phenoxy) is 1. The lowest BCUT2D eigenvalue weighted by Gasteiger charge is -2.05. The first-order chi connectivity index (χ1) is 6.24. The van der Waals surface area contributed by atoms with E-state index in [9.17, 15) is 5.11 Å². The minimum Gasteiger partial charge on any atom is -0.506 e. The van der Waals surface area contributed by atoms with E-state index in [1.807, 2.05) is 11.4 Å². The molecule has 0 saturated heterocycles. The van der Waals surface area contributed by atoms with E-state index in [2.05, 4.69) is 0 Å². The van der Waals surface area contributed by atoms with Crippen LogP contribution in [0.1, 0.15) is 0 Å². The number of hydrogen-bond acceptors (Lipinski definition) is 3. The van der Waals surface area contributed by atoms with Gasteiger partial charge < -0.3 is 9.84 Å². The number of phenols is 1. The Balaban J connectivity index is 2.87. The van der Waals surface area contributed by atoms with E-state index in [0.717, 1.165) is 10.1 Å². The van der Waals surface area contributed by atoms with Crippen molar-refractivity contribution in [3.63, 3.8) is 0 Å². The third-order valence-corrected chi connectivity index (χ3v) is 3.07. The molecule has 2 aromatic rings. The zero-order valence-corrected chi connectivity index (χ0v) is 8.45. The Bertz CT molecular complexity index is 450. The van der Waals surface area contributed by atoms with E-state index in [0.29, 0.717) is 5.75 Å². The lowest BCUT2D eigenvalue weighted by molar-refractivity contribution is 0.413. The van der Waals surface area contributed by atoms with E-state index in [1.54, 1.807) is 17.4 Å². The maximum atomic E-state index is 9.44. The number of methoxy groups -OCH3 is 1. The van der Waals surface area contributed by atoms with Crippen LogP contribution >= 0.6 is 22.9 Å². The standard InChI is InChI=1S/C9H7ClO2S/c1-12-9-5-2-3-13-7(5)4-6(11)8(9)10/h2-4,11H,1H3. The predicted molar refractivity (Wildman–Crippen MR) is 55.1 cm³/mol. The molecule has 0 aliphatic rings. The van der Waals surface area contributed by atoms with Crippen molar-refractivity contribution in [3.8, 4) is 11.5 Å². The number of phenolic OH excluding ortho intramolecular Hbond substituents is 1. The molecule has 0 aliphatic carbocycles. The molecule has 1 heterocycles. The highest BCUT2D eigenvalue weighted by atomic mass is 35.5. The van der Waals surface area contributed by atoms with Crippen molar-refractivity contribution >= 4 is 33.0 Å². The summed E-state index contributed by atoms with van der Waals surface area (Å²) in [6, 6.07) is 3.56. The zero-order chi connectivity index (χ0) is 9.42. The molecular formula is C9H7ClO2S. The second kappa shape index (κ2) is 3.09. The summed E-state index contributed by atoms with van der Waals surface area (Å²) in [6.45, 7) is 0. The maximum Gasteiger partial charge on any atom is 0.149 e. The summed E-state index contributed by atoms with van der Waals surface area (Å²) in [6.07, 6.45) is 0. The summed E-state index contributed by atoms with van der Waals surface area (Å²) in [5, 5.41) is 12.6. The van der Waals surface area contributed by atoms with Crippen LogP contribution in [-0.2, 0) is 0 Å². The summed E-state index contributed by atoms with van der Waals surface area (Å²) in [5.41, 5.74) is 0. The first-order valence-electron chi connectivity index (χ1n) is 3.66. The molecule has 0 spiro atoms. The van der Waals surface area contributed by atoms with Gasteiger partial charge in [-0.2, -0.15) is 0 Å². The molecule has 68 valence electrons. The fraction of sp³-hybridized carbons (Fsp3) is 0.111. The van der Waals surface area contributed by atoms with Crippen LogP contribution in [0.25, 0.3) is 10.1 Å². The monoisotopic (exact) mass is 214 g/mol. The van der Waals surface area contributed by atoms with Crippen molar-refractivity contribution in [3.05, 3.63) is 22.5 Å². The molecule has 13 heavy (non-hydrogen) atoms. The molecule has 0 bridgehead atoms. The van der Waals surface area contributed by atoms with Crippen molar-refractivity contribution in [2.45, 2.75) is 0 Å². The maximum absolute atomic E-state index is 9.44. The molecule has 1 aromatic heterocycles. The number of fused-ring (bicyclic) bond motifs is 1. The third-order valence-electron chi connectivity index (χ3n) is 1.84. The molecule has 1 N–H and O–H groups in total. The summed E-state index contributed by atoms with van der Waals surface area (Å²) in [7, 11) is 1.54. The fourth-order valence-corrected chi connectivity index (χ4v) is 2.29. The van der Waals surface area contributed by atoms with Crippen LogP contribution < -0.4 is 4.74 Å². The first kappa shape index (κ1) is 8.66. The van der Waals surface area contributed by atoms with Gasteiger partial charge in [-0.05, 0) is 17.5 Å². The average molecular weight is 215 g/mol. The molecular weight excluding hydrogens is 208 g/mol. The number of rotatable bonds is 1. The second-order valence-corrected chi connectivity index (χ2v) is 3.90. The van der Waals surface area contributed by atoms with Crippen LogP contribution in [0.15, 0.2) is 17.5 Å². The van der Waals surface area contributed by atoms with Crippen LogP contribution in [0, 0.1) is 0 Å². The van der Waals surface area contributed by atoms with Crippen LogP contribution in [0.3, 0.4) is 0 Å². The van der Waals surface area contributed by atoms with Crippen LogP contribution in [0.5, 0.6) is 11.5 Å². The molecule has 4 heteroatoms. The summed E-state index contributed by atoms with van der Waals surface area (Å²) < 4.78 is 6.08. The van der Waals surface area contributed by atoms with E-state index in [1.165, 1.54) is 7.11 Å². The van der Waals surface area contributed by atoms with Crippen molar-refractivity contribution in [1.82, 2.24) is 0 Å². The minimum atomic E-state index is 0.0634. The summed E-state index contributed by atoms with van der Waals surface area (Å²) in [5.74, 6) is 0.603. The Hall–Kier alpha value is -0.930. The molecule has 2 rings (SSSR count). The van der Waals surface area contributed by atoms with Crippen molar-refractivity contribution in [2.24, 2.45) is 0 Å². The van der Waals surface area contributed by atoms with Gasteiger partial charge in [-0.25, -0.2) is 0 Å². The molecule has 1 aromatic carbocycles. The predicted octanol–water partition coefficient (Wildman–Crippen LogP) is 3.27. The van der Waals surface area contributed by atoms with Gasteiger partial charge in [-0.3, -0.25) is 0 Å². The normalized spacial score (nSPS) is 10.6. The Morgan fingerprint density at radius 3 is 3.00 bits per heavy atom. The van der Waals surface area contributed by atoms with E-state index < -0.39 is 0 Å². The van der Waals surface area contributed by atoms with Gasteiger partial charge in [0.2, 0.25) is 0 Å². The average Bonchev–Trinajstić information content (AvgIpc) is 2.54. The molecule has 0 aliphatic heterocycles. The van der Waals surface area contributed by atoms with Gasteiger partial charge >= 0.3 is 0 Å². The summed E-state index contributed by atoms with van der Waals surface area (Å²) >= 11 is 7.40. The van der Waals surface area contributed by atoms with Gasteiger partial charge in [0.15, 0.2) is 0 Å². The van der Waals surface area contributed by atoms with Crippen LogP contribution in [0.4, 0.5) is 0 Å². The highest BCUT2D eigenvalue weighted by Crippen LogP contribution is 2.41. The van der Waals surface area contributed by atoms with Gasteiger partial charge in [0.25, 0.3) is 0 Å². The van der Waals surface area contributed by atoms with E-state index in [4.69, 9.17) is 16.3 Å². The van der Waals surface area contributed by atoms with Gasteiger partial charge in [0.1, 0.15) is 16.5 Å².